The Labute approximate surface area is 94.9 Å². The first-order valence-corrected chi connectivity index (χ1v) is 5.51. The fraction of sp³-hybridized carbons (Fsp3) is 0.636. The number of carboxylic acid groups (broad SMARTS) is 1. The number of hydrogen-bond acceptors (Lipinski definition) is 3. The lowest BCUT2D eigenvalue weighted by Gasteiger charge is -2.25. The zero-order chi connectivity index (χ0) is 12.0. The summed E-state index contributed by atoms with van der Waals surface area (Å²) in [5.74, 6) is -1.33. The fourth-order valence-electron chi connectivity index (χ4n) is 2.10. The molecule has 5 nitrogen and oxygen atoms in total. The monoisotopic (exact) mass is 226 g/mol. The predicted octanol–water partition coefficient (Wildman–Crippen LogP) is 0.357. The number of carbonyl (C=O) groups excluding carboxylic acids is 1. The minimum absolute atomic E-state index is 0.203. The maximum atomic E-state index is 10.9. The Bertz CT molecular complexity index is 283. The molecule has 0 unspecified atom stereocenters. The van der Waals surface area contributed by atoms with Crippen LogP contribution in [0.15, 0.2) is 12.2 Å². The molecule has 0 saturated heterocycles. The molecular weight excluding hydrogens is 208 g/mol. The third-order valence-corrected chi connectivity index (χ3v) is 2.80. The molecule has 1 fully saturated rings. The highest BCUT2D eigenvalue weighted by atomic mass is 16.4. The number of carbonyl (C=O) groups is 2. The quantitative estimate of drug-likeness (QED) is 0.640. The summed E-state index contributed by atoms with van der Waals surface area (Å²) in [6.07, 6.45) is 7.13. The zero-order valence-electron chi connectivity index (χ0n) is 9.26. The molecule has 0 aromatic rings. The fourth-order valence-corrected chi connectivity index (χ4v) is 2.10. The number of rotatable bonds is 6. The first-order chi connectivity index (χ1) is 7.59. The van der Waals surface area contributed by atoms with Gasteiger partial charge in [0.05, 0.1) is 6.54 Å². The van der Waals surface area contributed by atoms with Gasteiger partial charge in [-0.1, -0.05) is 18.9 Å². The van der Waals surface area contributed by atoms with Crippen molar-refractivity contribution in [2.75, 3.05) is 13.1 Å². The highest BCUT2D eigenvalue weighted by Crippen LogP contribution is 2.23. The molecule has 1 aliphatic carbocycles. The van der Waals surface area contributed by atoms with E-state index in [9.17, 15) is 9.59 Å². The molecule has 0 bridgehead atoms. The number of nitrogens with two attached hydrogens (primary N) is 1. The van der Waals surface area contributed by atoms with Crippen LogP contribution in [0.5, 0.6) is 0 Å². The van der Waals surface area contributed by atoms with Gasteiger partial charge in [0, 0.05) is 18.7 Å². The van der Waals surface area contributed by atoms with Crippen molar-refractivity contribution in [2.45, 2.75) is 31.7 Å². The topological polar surface area (TPSA) is 83.6 Å². The normalized spacial score (nSPS) is 17.3. The van der Waals surface area contributed by atoms with E-state index in [1.165, 1.54) is 12.8 Å². The summed E-state index contributed by atoms with van der Waals surface area (Å²) in [6, 6.07) is 0.367. The van der Waals surface area contributed by atoms with Crippen molar-refractivity contribution in [3.63, 3.8) is 0 Å². The average molecular weight is 226 g/mol. The van der Waals surface area contributed by atoms with Gasteiger partial charge in [-0.25, -0.2) is 4.79 Å². The van der Waals surface area contributed by atoms with Gasteiger partial charge >= 0.3 is 5.97 Å². The molecule has 1 rings (SSSR count). The minimum atomic E-state index is -0.967. The van der Waals surface area contributed by atoms with Gasteiger partial charge in [-0.15, -0.1) is 0 Å². The molecule has 1 amide bonds. The summed E-state index contributed by atoms with van der Waals surface area (Å²) in [5, 5.41) is 8.48. The van der Waals surface area contributed by atoms with Gasteiger partial charge in [0.2, 0.25) is 5.91 Å². The molecule has 1 saturated carbocycles. The van der Waals surface area contributed by atoms with Crippen molar-refractivity contribution in [3.05, 3.63) is 12.2 Å². The van der Waals surface area contributed by atoms with E-state index in [2.05, 4.69) is 0 Å². The number of aliphatic carboxylic acids is 1. The number of hydrogen-bond donors (Lipinski definition) is 2. The molecule has 0 spiro atoms. The van der Waals surface area contributed by atoms with E-state index in [0.717, 1.165) is 18.9 Å². The van der Waals surface area contributed by atoms with E-state index in [1.807, 2.05) is 4.90 Å². The molecule has 1 aliphatic rings. The summed E-state index contributed by atoms with van der Waals surface area (Å²) in [4.78, 5) is 23.2. The van der Waals surface area contributed by atoms with Crippen LogP contribution in [0.25, 0.3) is 0 Å². The van der Waals surface area contributed by atoms with Gasteiger partial charge < -0.3 is 10.8 Å². The molecule has 5 heteroatoms. The molecule has 90 valence electrons. The smallest absolute Gasteiger partial charge is 0.328 e. The lowest BCUT2D eigenvalue weighted by atomic mass is 10.2. The van der Waals surface area contributed by atoms with Crippen LogP contribution in [0.2, 0.25) is 0 Å². The average Bonchev–Trinajstić information content (AvgIpc) is 2.67. The summed E-state index contributed by atoms with van der Waals surface area (Å²) >= 11 is 0. The third-order valence-electron chi connectivity index (χ3n) is 2.80. The van der Waals surface area contributed by atoms with Crippen molar-refractivity contribution in [2.24, 2.45) is 5.73 Å². The van der Waals surface area contributed by atoms with Gasteiger partial charge in [-0.2, -0.15) is 0 Å². The summed E-state index contributed by atoms with van der Waals surface area (Å²) in [5.41, 5.74) is 5.17. The largest absolute Gasteiger partial charge is 0.478 e. The van der Waals surface area contributed by atoms with Gasteiger partial charge in [0.1, 0.15) is 0 Å². The van der Waals surface area contributed by atoms with Crippen LogP contribution in [0.4, 0.5) is 0 Å². The molecule has 0 aromatic heterocycles. The lowest BCUT2D eigenvalue weighted by molar-refractivity contribution is -0.131. The Balaban J connectivity index is 2.49. The Morgan fingerprint density at radius 1 is 1.38 bits per heavy atom. The molecule has 16 heavy (non-hydrogen) atoms. The van der Waals surface area contributed by atoms with Crippen molar-refractivity contribution < 1.29 is 14.7 Å². The van der Waals surface area contributed by atoms with Gasteiger partial charge in [-0.05, 0) is 12.8 Å². The number of amides is 1. The number of carboxylic acids is 1. The maximum Gasteiger partial charge on any atom is 0.328 e. The first-order valence-electron chi connectivity index (χ1n) is 5.51. The molecule has 0 atom stereocenters. The molecule has 0 aromatic carbocycles. The minimum Gasteiger partial charge on any atom is -0.478 e. The van der Waals surface area contributed by atoms with Crippen molar-refractivity contribution in [1.82, 2.24) is 4.90 Å². The highest BCUT2D eigenvalue weighted by molar-refractivity contribution is 5.79. The van der Waals surface area contributed by atoms with Crippen molar-refractivity contribution in [3.8, 4) is 0 Å². The van der Waals surface area contributed by atoms with Gasteiger partial charge in [0.25, 0.3) is 0 Å². The standard InChI is InChI=1S/C11H18N2O3/c12-10(14)8-13(7-3-6-11(15)16)9-4-1-2-5-9/h3,6,9H,1-2,4-5,7-8H2,(H2,12,14)(H,15,16). The van der Waals surface area contributed by atoms with E-state index in [1.54, 1.807) is 6.08 Å². The van der Waals surface area contributed by atoms with E-state index in [0.29, 0.717) is 12.6 Å². The molecule has 0 heterocycles. The lowest BCUT2D eigenvalue weighted by Crippen LogP contribution is -2.40. The van der Waals surface area contributed by atoms with E-state index in [-0.39, 0.29) is 12.5 Å². The predicted molar refractivity (Wildman–Crippen MR) is 59.8 cm³/mol. The summed E-state index contributed by atoms with van der Waals surface area (Å²) < 4.78 is 0. The van der Waals surface area contributed by atoms with Crippen LogP contribution >= 0.6 is 0 Å². The van der Waals surface area contributed by atoms with Crippen LogP contribution < -0.4 is 5.73 Å². The molecule has 0 radical (unpaired) electrons. The van der Waals surface area contributed by atoms with Crippen LogP contribution in [-0.2, 0) is 9.59 Å². The van der Waals surface area contributed by atoms with Crippen LogP contribution in [0, 0.1) is 0 Å². The Morgan fingerprint density at radius 2 is 2.00 bits per heavy atom. The second-order valence-electron chi connectivity index (χ2n) is 4.07. The SMILES string of the molecule is NC(=O)CN(CC=CC(=O)O)C1CCCC1. The molecule has 3 N–H and O–H groups in total. The Hall–Kier alpha value is -1.36. The van der Waals surface area contributed by atoms with Gasteiger partial charge in [-0.3, -0.25) is 9.69 Å². The second kappa shape index (κ2) is 6.27. The van der Waals surface area contributed by atoms with Crippen LogP contribution in [-0.4, -0.2) is 41.0 Å². The third kappa shape index (κ3) is 4.44. The number of primary amides is 1. The maximum absolute atomic E-state index is 10.9. The highest BCUT2D eigenvalue weighted by Gasteiger charge is 2.22. The number of nitrogens with zero attached hydrogens (tertiary/aromatic N) is 1. The zero-order valence-corrected chi connectivity index (χ0v) is 9.26. The van der Waals surface area contributed by atoms with Crippen molar-refractivity contribution >= 4 is 11.9 Å². The Kier molecular flexibility index (Phi) is 4.98. The first kappa shape index (κ1) is 12.7. The van der Waals surface area contributed by atoms with Gasteiger partial charge in [0.15, 0.2) is 0 Å². The summed E-state index contributed by atoms with van der Waals surface area (Å²) in [7, 11) is 0. The van der Waals surface area contributed by atoms with Crippen molar-refractivity contribution in [1.29, 1.82) is 0 Å². The summed E-state index contributed by atoms with van der Waals surface area (Å²) in [6.45, 7) is 0.675. The van der Waals surface area contributed by atoms with Crippen LogP contribution in [0.3, 0.4) is 0 Å². The molecule has 0 aliphatic heterocycles. The molecular formula is C11H18N2O3. The van der Waals surface area contributed by atoms with E-state index >= 15 is 0 Å². The Morgan fingerprint density at radius 3 is 2.50 bits per heavy atom. The second-order valence-corrected chi connectivity index (χ2v) is 4.07. The van der Waals surface area contributed by atoms with Crippen LogP contribution in [0.1, 0.15) is 25.7 Å². The van der Waals surface area contributed by atoms with E-state index in [4.69, 9.17) is 10.8 Å². The van der Waals surface area contributed by atoms with E-state index < -0.39 is 5.97 Å².